The SMILES string of the molecule is Clc1ncnc(Nc2ccc3c(cnn3Cc3ccccc3)c2)n1. The van der Waals surface area contributed by atoms with Gasteiger partial charge in [0.1, 0.15) is 6.33 Å². The Labute approximate surface area is 143 Å². The van der Waals surface area contributed by atoms with Crippen LogP contribution in [0.4, 0.5) is 11.6 Å². The van der Waals surface area contributed by atoms with Crippen LogP contribution in [0.15, 0.2) is 61.1 Å². The van der Waals surface area contributed by atoms with E-state index in [1.165, 1.54) is 11.9 Å². The van der Waals surface area contributed by atoms with Gasteiger partial charge >= 0.3 is 0 Å². The zero-order chi connectivity index (χ0) is 16.4. The molecule has 4 aromatic rings. The van der Waals surface area contributed by atoms with Crippen LogP contribution in [0, 0.1) is 0 Å². The number of nitrogens with one attached hydrogen (secondary N) is 1. The van der Waals surface area contributed by atoms with Gasteiger partial charge < -0.3 is 5.32 Å². The van der Waals surface area contributed by atoms with Gasteiger partial charge in [-0.3, -0.25) is 4.68 Å². The summed E-state index contributed by atoms with van der Waals surface area (Å²) in [4.78, 5) is 11.8. The summed E-state index contributed by atoms with van der Waals surface area (Å²) in [6, 6.07) is 16.2. The molecule has 0 fully saturated rings. The number of halogens is 1. The number of hydrogen-bond acceptors (Lipinski definition) is 5. The van der Waals surface area contributed by atoms with Gasteiger partial charge in [0.05, 0.1) is 18.3 Å². The van der Waals surface area contributed by atoms with Gasteiger partial charge in [0, 0.05) is 11.1 Å². The monoisotopic (exact) mass is 336 g/mol. The average Bonchev–Trinajstić information content (AvgIpc) is 2.98. The molecule has 2 aromatic heterocycles. The second-order valence-corrected chi connectivity index (χ2v) is 5.60. The Bertz CT molecular complexity index is 983. The van der Waals surface area contributed by atoms with E-state index in [0.717, 1.165) is 23.1 Å². The molecule has 0 radical (unpaired) electrons. The molecule has 1 N–H and O–H groups in total. The summed E-state index contributed by atoms with van der Waals surface area (Å²) in [5, 5.41) is 8.79. The normalized spacial score (nSPS) is 10.9. The van der Waals surface area contributed by atoms with Crippen molar-refractivity contribution in [2.45, 2.75) is 6.54 Å². The minimum Gasteiger partial charge on any atom is -0.324 e. The van der Waals surface area contributed by atoms with Gasteiger partial charge in [-0.25, -0.2) is 9.97 Å². The van der Waals surface area contributed by atoms with E-state index in [4.69, 9.17) is 11.6 Å². The third-order valence-corrected chi connectivity index (χ3v) is 3.80. The number of anilines is 2. The quantitative estimate of drug-likeness (QED) is 0.616. The Morgan fingerprint density at radius 2 is 1.92 bits per heavy atom. The van der Waals surface area contributed by atoms with Gasteiger partial charge in [-0.15, -0.1) is 0 Å². The first-order chi connectivity index (χ1) is 11.8. The van der Waals surface area contributed by atoms with E-state index in [0.29, 0.717) is 5.95 Å². The molecule has 24 heavy (non-hydrogen) atoms. The molecule has 0 spiro atoms. The maximum Gasteiger partial charge on any atom is 0.231 e. The van der Waals surface area contributed by atoms with Gasteiger partial charge in [-0.2, -0.15) is 10.1 Å². The third kappa shape index (κ3) is 3.04. The van der Waals surface area contributed by atoms with Crippen LogP contribution in [0.25, 0.3) is 10.9 Å². The molecule has 2 aromatic carbocycles. The zero-order valence-corrected chi connectivity index (χ0v) is 13.4. The summed E-state index contributed by atoms with van der Waals surface area (Å²) in [5.74, 6) is 0.408. The summed E-state index contributed by atoms with van der Waals surface area (Å²) in [6.45, 7) is 0.736. The van der Waals surface area contributed by atoms with Crippen LogP contribution in [0.2, 0.25) is 5.28 Å². The van der Waals surface area contributed by atoms with E-state index < -0.39 is 0 Å². The standard InChI is InChI=1S/C17H13ClN6/c18-16-19-11-20-17(23-16)22-14-6-7-15-13(8-14)9-21-24(15)10-12-4-2-1-3-5-12/h1-9,11H,10H2,(H,19,20,22,23). The van der Waals surface area contributed by atoms with Gasteiger partial charge in [-0.05, 0) is 35.4 Å². The van der Waals surface area contributed by atoms with Crippen molar-refractivity contribution in [3.8, 4) is 0 Å². The van der Waals surface area contributed by atoms with Crippen molar-refractivity contribution in [1.29, 1.82) is 0 Å². The van der Waals surface area contributed by atoms with Crippen molar-refractivity contribution in [3.63, 3.8) is 0 Å². The Hall–Kier alpha value is -2.99. The minimum atomic E-state index is 0.157. The fraction of sp³-hybridized carbons (Fsp3) is 0.0588. The molecule has 0 saturated carbocycles. The van der Waals surface area contributed by atoms with Crippen molar-refractivity contribution in [2.24, 2.45) is 0 Å². The molecule has 7 heteroatoms. The zero-order valence-electron chi connectivity index (χ0n) is 12.6. The van der Waals surface area contributed by atoms with E-state index >= 15 is 0 Å². The van der Waals surface area contributed by atoms with E-state index in [2.05, 4.69) is 37.5 Å². The number of aromatic nitrogens is 5. The molecule has 2 heterocycles. The summed E-state index contributed by atoms with van der Waals surface area (Å²) in [7, 11) is 0. The second-order valence-electron chi connectivity index (χ2n) is 5.26. The Balaban J connectivity index is 1.60. The molecule has 0 aliphatic heterocycles. The largest absolute Gasteiger partial charge is 0.324 e. The van der Waals surface area contributed by atoms with Crippen molar-refractivity contribution < 1.29 is 0 Å². The van der Waals surface area contributed by atoms with Gasteiger partial charge in [0.2, 0.25) is 11.2 Å². The van der Waals surface area contributed by atoms with Crippen LogP contribution < -0.4 is 5.32 Å². The Morgan fingerprint density at radius 1 is 1.04 bits per heavy atom. The highest BCUT2D eigenvalue weighted by Gasteiger charge is 2.06. The molecule has 0 saturated heterocycles. The highest BCUT2D eigenvalue weighted by molar-refractivity contribution is 6.28. The van der Waals surface area contributed by atoms with E-state index in [9.17, 15) is 0 Å². The summed E-state index contributed by atoms with van der Waals surface area (Å²) < 4.78 is 1.98. The second kappa shape index (κ2) is 6.25. The van der Waals surface area contributed by atoms with E-state index in [1.807, 2.05) is 47.3 Å². The highest BCUT2D eigenvalue weighted by Crippen LogP contribution is 2.21. The maximum atomic E-state index is 5.77. The molecule has 6 nitrogen and oxygen atoms in total. The smallest absolute Gasteiger partial charge is 0.231 e. The average molecular weight is 337 g/mol. The molecule has 4 rings (SSSR count). The summed E-state index contributed by atoms with van der Waals surface area (Å²) >= 11 is 5.77. The Morgan fingerprint density at radius 3 is 2.75 bits per heavy atom. The number of nitrogens with zero attached hydrogens (tertiary/aromatic N) is 5. The Kier molecular flexibility index (Phi) is 3.80. The third-order valence-electron chi connectivity index (χ3n) is 3.62. The van der Waals surface area contributed by atoms with Crippen LogP contribution in [0.1, 0.15) is 5.56 Å². The molecule has 0 amide bonds. The molecular weight excluding hydrogens is 324 g/mol. The van der Waals surface area contributed by atoms with Crippen LogP contribution in [-0.4, -0.2) is 24.7 Å². The first kappa shape index (κ1) is 14.6. The summed E-state index contributed by atoms with van der Waals surface area (Å²) in [5.41, 5.74) is 3.15. The predicted octanol–water partition coefficient (Wildman–Crippen LogP) is 3.67. The number of benzene rings is 2. The van der Waals surface area contributed by atoms with Crippen molar-refractivity contribution in [1.82, 2.24) is 24.7 Å². The number of rotatable bonds is 4. The lowest BCUT2D eigenvalue weighted by atomic mass is 10.2. The molecule has 0 bridgehead atoms. The van der Waals surface area contributed by atoms with E-state index in [-0.39, 0.29) is 5.28 Å². The summed E-state index contributed by atoms with van der Waals surface area (Å²) in [6.07, 6.45) is 3.22. The fourth-order valence-electron chi connectivity index (χ4n) is 2.51. The lowest BCUT2D eigenvalue weighted by molar-refractivity contribution is 0.712. The van der Waals surface area contributed by atoms with Crippen LogP contribution in [0.3, 0.4) is 0 Å². The number of hydrogen-bond donors (Lipinski definition) is 1. The lowest BCUT2D eigenvalue weighted by Crippen LogP contribution is -2.01. The van der Waals surface area contributed by atoms with Crippen LogP contribution >= 0.6 is 11.6 Å². The van der Waals surface area contributed by atoms with Crippen molar-refractivity contribution in [2.75, 3.05) is 5.32 Å². The number of fused-ring (bicyclic) bond motifs is 1. The fourth-order valence-corrected chi connectivity index (χ4v) is 2.64. The topological polar surface area (TPSA) is 68.5 Å². The molecule has 0 aliphatic carbocycles. The van der Waals surface area contributed by atoms with Crippen molar-refractivity contribution in [3.05, 3.63) is 71.9 Å². The maximum absolute atomic E-state index is 5.77. The first-order valence-corrected chi connectivity index (χ1v) is 7.77. The molecule has 0 unspecified atom stereocenters. The van der Waals surface area contributed by atoms with Gasteiger partial charge in [-0.1, -0.05) is 30.3 Å². The molecule has 0 aliphatic rings. The van der Waals surface area contributed by atoms with Crippen molar-refractivity contribution >= 4 is 34.1 Å². The molecule has 0 atom stereocenters. The van der Waals surface area contributed by atoms with Crippen LogP contribution in [-0.2, 0) is 6.54 Å². The minimum absolute atomic E-state index is 0.157. The first-order valence-electron chi connectivity index (χ1n) is 7.39. The van der Waals surface area contributed by atoms with Gasteiger partial charge in [0.25, 0.3) is 0 Å². The predicted molar refractivity (Wildman–Crippen MR) is 93.4 cm³/mol. The molecule has 118 valence electrons. The molecular formula is C17H13ClN6. The van der Waals surface area contributed by atoms with Gasteiger partial charge in [0.15, 0.2) is 0 Å². The van der Waals surface area contributed by atoms with Crippen LogP contribution in [0.5, 0.6) is 0 Å². The lowest BCUT2D eigenvalue weighted by Gasteiger charge is -2.06. The van der Waals surface area contributed by atoms with E-state index in [1.54, 1.807) is 0 Å². The highest BCUT2D eigenvalue weighted by atomic mass is 35.5.